The van der Waals surface area contributed by atoms with Gasteiger partial charge in [-0.05, 0) is 24.3 Å². The summed E-state index contributed by atoms with van der Waals surface area (Å²) in [5.74, 6) is 0.503. The lowest BCUT2D eigenvalue weighted by atomic mass is 10.2. The molecule has 0 spiro atoms. The molecular formula is C13H10N2O2. The maximum absolute atomic E-state index is 11.4. The van der Waals surface area contributed by atoms with Crippen LogP contribution in [0.5, 0.6) is 11.5 Å². The topological polar surface area (TPSA) is 63.0 Å². The summed E-state index contributed by atoms with van der Waals surface area (Å²) >= 11 is 0. The van der Waals surface area contributed by atoms with Gasteiger partial charge in [0.1, 0.15) is 5.75 Å². The lowest BCUT2D eigenvalue weighted by Crippen LogP contribution is -2.04. The Morgan fingerprint density at radius 3 is 2.65 bits per heavy atom. The SMILES string of the molecule is N=CC(=O)c1ncccc1Oc1ccccc1. The quantitative estimate of drug-likeness (QED) is 0.644. The summed E-state index contributed by atoms with van der Waals surface area (Å²) in [6, 6.07) is 12.4. The molecule has 1 heterocycles. The highest BCUT2D eigenvalue weighted by Gasteiger charge is 2.11. The number of para-hydroxylation sites is 1. The first-order valence-corrected chi connectivity index (χ1v) is 5.04. The summed E-state index contributed by atoms with van der Waals surface area (Å²) in [6.45, 7) is 0. The number of benzene rings is 1. The maximum Gasteiger partial charge on any atom is 0.225 e. The number of hydrogen-bond acceptors (Lipinski definition) is 4. The Morgan fingerprint density at radius 2 is 1.94 bits per heavy atom. The lowest BCUT2D eigenvalue weighted by molar-refractivity contribution is 0.106. The molecule has 0 atom stereocenters. The van der Waals surface area contributed by atoms with Crippen LogP contribution in [0.2, 0.25) is 0 Å². The third-order valence-corrected chi connectivity index (χ3v) is 2.11. The first kappa shape index (κ1) is 11.0. The van der Waals surface area contributed by atoms with E-state index in [0.29, 0.717) is 11.5 Å². The Labute approximate surface area is 98.4 Å². The van der Waals surface area contributed by atoms with E-state index in [9.17, 15) is 4.79 Å². The first-order chi connectivity index (χ1) is 8.31. The summed E-state index contributed by atoms with van der Waals surface area (Å²) in [6.07, 6.45) is 2.22. The number of carbonyl (C=O) groups excluding carboxylic acids is 1. The van der Waals surface area contributed by atoms with Crippen molar-refractivity contribution in [2.75, 3.05) is 0 Å². The van der Waals surface area contributed by atoms with Crippen LogP contribution < -0.4 is 4.74 Å². The normalized spacial score (nSPS) is 9.65. The second-order valence-electron chi connectivity index (χ2n) is 3.27. The molecule has 0 saturated heterocycles. The van der Waals surface area contributed by atoms with E-state index in [1.54, 1.807) is 24.3 Å². The molecule has 0 saturated carbocycles. The minimum atomic E-state index is -0.475. The highest BCUT2D eigenvalue weighted by atomic mass is 16.5. The third kappa shape index (κ3) is 2.55. The number of aromatic nitrogens is 1. The fourth-order valence-corrected chi connectivity index (χ4v) is 1.34. The molecule has 0 radical (unpaired) electrons. The Morgan fingerprint density at radius 1 is 1.18 bits per heavy atom. The van der Waals surface area contributed by atoms with Crippen molar-refractivity contribution < 1.29 is 9.53 Å². The van der Waals surface area contributed by atoms with Gasteiger partial charge in [-0.1, -0.05) is 18.2 Å². The monoisotopic (exact) mass is 226 g/mol. The zero-order chi connectivity index (χ0) is 12.1. The van der Waals surface area contributed by atoms with Crippen LogP contribution in [-0.4, -0.2) is 17.0 Å². The van der Waals surface area contributed by atoms with Gasteiger partial charge in [-0.15, -0.1) is 0 Å². The molecule has 1 N–H and O–H groups in total. The van der Waals surface area contributed by atoms with Gasteiger partial charge in [0.2, 0.25) is 5.78 Å². The zero-order valence-electron chi connectivity index (χ0n) is 8.96. The fourth-order valence-electron chi connectivity index (χ4n) is 1.34. The number of pyridine rings is 1. The van der Waals surface area contributed by atoms with Crippen molar-refractivity contribution >= 4 is 12.0 Å². The number of carbonyl (C=O) groups is 1. The highest BCUT2D eigenvalue weighted by molar-refractivity contribution is 6.34. The molecule has 0 aliphatic rings. The number of rotatable bonds is 4. The number of hydrogen-bond donors (Lipinski definition) is 1. The van der Waals surface area contributed by atoms with E-state index in [1.807, 2.05) is 18.2 Å². The first-order valence-electron chi connectivity index (χ1n) is 5.04. The Kier molecular flexibility index (Phi) is 3.25. The van der Waals surface area contributed by atoms with Crippen molar-refractivity contribution in [2.45, 2.75) is 0 Å². The van der Waals surface area contributed by atoms with Crippen molar-refractivity contribution in [3.8, 4) is 11.5 Å². The molecule has 0 aliphatic heterocycles. The Bertz CT molecular complexity index is 538. The maximum atomic E-state index is 11.4. The number of nitrogens with one attached hydrogen (secondary N) is 1. The molecule has 2 aromatic rings. The molecule has 17 heavy (non-hydrogen) atoms. The molecular weight excluding hydrogens is 216 g/mol. The van der Waals surface area contributed by atoms with Gasteiger partial charge in [0, 0.05) is 6.20 Å². The van der Waals surface area contributed by atoms with Crippen molar-refractivity contribution in [3.63, 3.8) is 0 Å². The highest BCUT2D eigenvalue weighted by Crippen LogP contribution is 2.23. The van der Waals surface area contributed by atoms with Gasteiger partial charge in [0.25, 0.3) is 0 Å². The van der Waals surface area contributed by atoms with E-state index in [4.69, 9.17) is 10.1 Å². The molecule has 0 unspecified atom stereocenters. The van der Waals surface area contributed by atoms with Gasteiger partial charge in [0.15, 0.2) is 11.4 Å². The summed E-state index contributed by atoms with van der Waals surface area (Å²) < 4.78 is 5.55. The molecule has 0 amide bonds. The minimum absolute atomic E-state index is 0.145. The largest absolute Gasteiger partial charge is 0.455 e. The van der Waals surface area contributed by atoms with Crippen molar-refractivity contribution in [3.05, 3.63) is 54.4 Å². The molecule has 0 bridgehead atoms. The Hall–Kier alpha value is -2.49. The smallest absolute Gasteiger partial charge is 0.225 e. The Balaban J connectivity index is 2.33. The molecule has 1 aromatic heterocycles. The number of Topliss-reactive ketones (excluding diaryl/α,β-unsaturated/α-hetero) is 1. The van der Waals surface area contributed by atoms with Gasteiger partial charge in [-0.3, -0.25) is 4.79 Å². The van der Waals surface area contributed by atoms with Crippen LogP contribution in [0.1, 0.15) is 10.5 Å². The van der Waals surface area contributed by atoms with Crippen LogP contribution in [0, 0.1) is 5.41 Å². The van der Waals surface area contributed by atoms with E-state index >= 15 is 0 Å². The summed E-state index contributed by atoms with van der Waals surface area (Å²) in [4.78, 5) is 15.4. The third-order valence-electron chi connectivity index (χ3n) is 2.11. The molecule has 1 aromatic carbocycles. The second-order valence-corrected chi connectivity index (χ2v) is 3.27. The van der Waals surface area contributed by atoms with Gasteiger partial charge in [-0.25, -0.2) is 4.98 Å². The van der Waals surface area contributed by atoms with Gasteiger partial charge in [0.05, 0.1) is 6.21 Å². The predicted molar refractivity (Wildman–Crippen MR) is 63.9 cm³/mol. The van der Waals surface area contributed by atoms with E-state index < -0.39 is 5.78 Å². The summed E-state index contributed by atoms with van der Waals surface area (Å²) in [5.41, 5.74) is 0.145. The van der Waals surface area contributed by atoms with E-state index in [2.05, 4.69) is 4.98 Å². The van der Waals surface area contributed by atoms with E-state index in [0.717, 1.165) is 6.21 Å². The van der Waals surface area contributed by atoms with Crippen LogP contribution >= 0.6 is 0 Å². The number of ketones is 1. The summed E-state index contributed by atoms with van der Waals surface area (Å²) in [7, 11) is 0. The van der Waals surface area contributed by atoms with Crippen molar-refractivity contribution in [1.82, 2.24) is 4.98 Å². The van der Waals surface area contributed by atoms with E-state index in [-0.39, 0.29) is 5.69 Å². The molecule has 0 fully saturated rings. The van der Waals surface area contributed by atoms with E-state index in [1.165, 1.54) is 6.20 Å². The van der Waals surface area contributed by atoms with Crippen molar-refractivity contribution in [1.29, 1.82) is 5.41 Å². The second kappa shape index (κ2) is 5.03. The minimum Gasteiger partial charge on any atom is -0.455 e. The van der Waals surface area contributed by atoms with Crippen LogP contribution in [-0.2, 0) is 0 Å². The molecule has 0 aliphatic carbocycles. The molecule has 2 rings (SSSR count). The van der Waals surface area contributed by atoms with Gasteiger partial charge in [-0.2, -0.15) is 0 Å². The molecule has 4 heteroatoms. The van der Waals surface area contributed by atoms with Crippen LogP contribution in [0.25, 0.3) is 0 Å². The van der Waals surface area contributed by atoms with Crippen LogP contribution in [0.4, 0.5) is 0 Å². The lowest BCUT2D eigenvalue weighted by Gasteiger charge is -2.07. The predicted octanol–water partition coefficient (Wildman–Crippen LogP) is 2.71. The average molecular weight is 226 g/mol. The van der Waals surface area contributed by atoms with Gasteiger partial charge >= 0.3 is 0 Å². The van der Waals surface area contributed by atoms with Crippen molar-refractivity contribution in [2.24, 2.45) is 0 Å². The molecule has 84 valence electrons. The summed E-state index contributed by atoms with van der Waals surface area (Å²) in [5, 5.41) is 6.95. The standard InChI is InChI=1S/C13H10N2O2/c14-9-11(16)13-12(7-4-8-15-13)17-10-5-2-1-3-6-10/h1-9,14H. The number of ether oxygens (including phenoxy) is 1. The van der Waals surface area contributed by atoms with Crippen LogP contribution in [0.3, 0.4) is 0 Å². The fraction of sp³-hybridized carbons (Fsp3) is 0. The zero-order valence-corrected chi connectivity index (χ0v) is 8.96. The van der Waals surface area contributed by atoms with Gasteiger partial charge < -0.3 is 10.1 Å². The number of nitrogens with zero attached hydrogens (tertiary/aromatic N) is 1. The average Bonchev–Trinajstić information content (AvgIpc) is 2.40. The van der Waals surface area contributed by atoms with Crippen LogP contribution in [0.15, 0.2) is 48.7 Å². The molecule has 4 nitrogen and oxygen atoms in total.